The van der Waals surface area contributed by atoms with Crippen LogP contribution in [-0.2, 0) is 10.0 Å². The number of rotatable bonds is 5. The first-order chi connectivity index (χ1) is 12.4. The highest BCUT2D eigenvalue weighted by Gasteiger charge is 2.24. The Kier molecular flexibility index (Phi) is 5.64. The zero-order valence-electron chi connectivity index (χ0n) is 15.0. The van der Waals surface area contributed by atoms with Gasteiger partial charge >= 0.3 is 0 Å². The molecule has 0 radical (unpaired) electrons. The van der Waals surface area contributed by atoms with Crippen LogP contribution in [0.25, 0.3) is 0 Å². The first-order valence-electron chi connectivity index (χ1n) is 8.57. The summed E-state index contributed by atoms with van der Waals surface area (Å²) in [4.78, 5) is 16.8. The second-order valence-corrected chi connectivity index (χ2v) is 9.32. The Bertz CT molecular complexity index is 840. The molecule has 2 heterocycles. The molecule has 8 heteroatoms. The van der Waals surface area contributed by atoms with Gasteiger partial charge in [0.15, 0.2) is 0 Å². The van der Waals surface area contributed by atoms with Crippen LogP contribution in [0.4, 0.5) is 5.69 Å². The number of sulfonamides is 1. The second kappa shape index (κ2) is 7.77. The summed E-state index contributed by atoms with van der Waals surface area (Å²) in [6.07, 6.45) is 0. The van der Waals surface area contributed by atoms with Crippen molar-refractivity contribution in [3.63, 3.8) is 0 Å². The van der Waals surface area contributed by atoms with Gasteiger partial charge in [-0.1, -0.05) is 13.0 Å². The minimum absolute atomic E-state index is 0.00364. The van der Waals surface area contributed by atoms with Gasteiger partial charge in [0.25, 0.3) is 15.9 Å². The van der Waals surface area contributed by atoms with E-state index in [0.29, 0.717) is 15.5 Å². The highest BCUT2D eigenvalue weighted by molar-refractivity contribution is 7.94. The molecular weight excluding hydrogens is 370 g/mol. The Hall–Kier alpha value is -1.90. The van der Waals surface area contributed by atoms with Crippen molar-refractivity contribution in [3.05, 3.63) is 47.3 Å². The lowest BCUT2D eigenvalue weighted by Gasteiger charge is -2.34. The molecule has 1 amide bonds. The third-order valence-corrected chi connectivity index (χ3v) is 7.85. The summed E-state index contributed by atoms with van der Waals surface area (Å²) in [5.74, 6) is -0.00364. The number of piperazine rings is 1. The van der Waals surface area contributed by atoms with Gasteiger partial charge in [0.2, 0.25) is 0 Å². The van der Waals surface area contributed by atoms with Crippen molar-refractivity contribution in [2.45, 2.75) is 11.1 Å². The van der Waals surface area contributed by atoms with Gasteiger partial charge in [-0.05, 0) is 42.3 Å². The van der Waals surface area contributed by atoms with Crippen molar-refractivity contribution in [1.82, 2.24) is 9.80 Å². The number of likely N-dealkylation sites (N-methyl/N-ethyl adjacent to an activating group) is 1. The van der Waals surface area contributed by atoms with E-state index >= 15 is 0 Å². The average Bonchev–Trinajstić information content (AvgIpc) is 3.23. The standard InChI is InChI=1S/C18H23N3O3S2/c1-3-20-10-12-21(13-11-20)18(22)15-6-8-16(9-7-15)19(2)26(23,24)17-5-4-14-25-17/h4-9,14H,3,10-13H2,1-2H3. The zero-order valence-corrected chi connectivity index (χ0v) is 16.6. The van der Waals surface area contributed by atoms with Gasteiger partial charge < -0.3 is 9.80 Å². The van der Waals surface area contributed by atoms with E-state index in [-0.39, 0.29) is 5.91 Å². The van der Waals surface area contributed by atoms with Crippen LogP contribution < -0.4 is 4.31 Å². The molecule has 0 unspecified atom stereocenters. The van der Waals surface area contributed by atoms with Crippen LogP contribution in [-0.4, -0.2) is 63.9 Å². The third-order valence-electron chi connectivity index (χ3n) is 4.69. The SMILES string of the molecule is CCN1CCN(C(=O)c2ccc(N(C)S(=O)(=O)c3cccs3)cc2)CC1. The lowest BCUT2D eigenvalue weighted by Crippen LogP contribution is -2.48. The predicted octanol–water partition coefficient (Wildman–Crippen LogP) is 2.35. The normalized spacial score (nSPS) is 15.8. The molecule has 140 valence electrons. The number of benzene rings is 1. The molecule has 1 aromatic carbocycles. The van der Waals surface area contributed by atoms with Crippen LogP contribution in [0.1, 0.15) is 17.3 Å². The highest BCUT2D eigenvalue weighted by Crippen LogP contribution is 2.25. The molecule has 0 bridgehead atoms. The van der Waals surface area contributed by atoms with Gasteiger partial charge in [-0.3, -0.25) is 9.10 Å². The van der Waals surface area contributed by atoms with Crippen LogP contribution in [0, 0.1) is 0 Å². The summed E-state index contributed by atoms with van der Waals surface area (Å²) < 4.78 is 26.7. The average molecular weight is 394 g/mol. The van der Waals surface area contributed by atoms with Crippen molar-refractivity contribution < 1.29 is 13.2 Å². The number of hydrogen-bond acceptors (Lipinski definition) is 5. The highest BCUT2D eigenvalue weighted by atomic mass is 32.2. The lowest BCUT2D eigenvalue weighted by atomic mass is 10.1. The fourth-order valence-corrected chi connectivity index (χ4v) is 5.30. The van der Waals surface area contributed by atoms with E-state index < -0.39 is 10.0 Å². The largest absolute Gasteiger partial charge is 0.336 e. The molecule has 1 aliphatic rings. The Labute approximate surface area is 158 Å². The van der Waals surface area contributed by atoms with E-state index in [2.05, 4.69) is 11.8 Å². The van der Waals surface area contributed by atoms with Gasteiger partial charge in [-0.2, -0.15) is 0 Å². The van der Waals surface area contributed by atoms with Gasteiger partial charge in [0.1, 0.15) is 4.21 Å². The van der Waals surface area contributed by atoms with E-state index in [4.69, 9.17) is 0 Å². The first kappa shape index (κ1) is 18.9. The molecule has 1 saturated heterocycles. The molecule has 3 rings (SSSR count). The quantitative estimate of drug-likeness (QED) is 0.782. The maximum atomic E-state index is 12.6. The number of anilines is 1. The van der Waals surface area contributed by atoms with Crippen molar-refractivity contribution in [2.24, 2.45) is 0 Å². The number of thiophene rings is 1. The Morgan fingerprint density at radius 1 is 1.12 bits per heavy atom. The topological polar surface area (TPSA) is 60.9 Å². The Morgan fingerprint density at radius 3 is 2.31 bits per heavy atom. The first-order valence-corrected chi connectivity index (χ1v) is 10.9. The third kappa shape index (κ3) is 3.77. The van der Waals surface area contributed by atoms with Crippen LogP contribution in [0.5, 0.6) is 0 Å². The second-order valence-electron chi connectivity index (χ2n) is 6.18. The molecule has 1 fully saturated rings. The van der Waals surface area contributed by atoms with Gasteiger partial charge in [0, 0.05) is 38.8 Å². The summed E-state index contributed by atoms with van der Waals surface area (Å²) in [7, 11) is -2.04. The van der Waals surface area contributed by atoms with Crippen molar-refractivity contribution >= 4 is 33.0 Å². The van der Waals surface area contributed by atoms with E-state index in [9.17, 15) is 13.2 Å². The minimum atomic E-state index is -3.56. The Balaban J connectivity index is 1.71. The summed E-state index contributed by atoms with van der Waals surface area (Å²) in [5, 5.41) is 1.74. The van der Waals surface area contributed by atoms with E-state index in [1.54, 1.807) is 41.8 Å². The fraction of sp³-hybridized carbons (Fsp3) is 0.389. The molecule has 2 aromatic rings. The van der Waals surface area contributed by atoms with E-state index in [1.165, 1.54) is 22.7 Å². The maximum absolute atomic E-state index is 12.6. The van der Waals surface area contributed by atoms with E-state index in [1.807, 2.05) is 4.90 Å². The van der Waals surface area contributed by atoms with Crippen LogP contribution in [0.15, 0.2) is 46.0 Å². The van der Waals surface area contributed by atoms with Crippen molar-refractivity contribution in [2.75, 3.05) is 44.1 Å². The van der Waals surface area contributed by atoms with Crippen LogP contribution >= 0.6 is 11.3 Å². The number of nitrogens with zero attached hydrogens (tertiary/aromatic N) is 3. The zero-order chi connectivity index (χ0) is 18.7. The monoisotopic (exact) mass is 393 g/mol. The fourth-order valence-electron chi connectivity index (χ4n) is 2.95. The molecule has 0 N–H and O–H groups in total. The molecular formula is C18H23N3O3S2. The van der Waals surface area contributed by atoms with Crippen molar-refractivity contribution in [3.8, 4) is 0 Å². The molecule has 6 nitrogen and oxygen atoms in total. The van der Waals surface area contributed by atoms with E-state index in [0.717, 1.165) is 32.7 Å². The summed E-state index contributed by atoms with van der Waals surface area (Å²) in [6.45, 7) is 6.35. The van der Waals surface area contributed by atoms with Crippen molar-refractivity contribution in [1.29, 1.82) is 0 Å². The summed E-state index contributed by atoms with van der Waals surface area (Å²) in [6, 6.07) is 10.1. The summed E-state index contributed by atoms with van der Waals surface area (Å²) >= 11 is 1.19. The maximum Gasteiger partial charge on any atom is 0.273 e. The lowest BCUT2D eigenvalue weighted by molar-refractivity contribution is 0.0643. The predicted molar refractivity (Wildman–Crippen MR) is 104 cm³/mol. The van der Waals surface area contributed by atoms with Crippen LogP contribution in [0.2, 0.25) is 0 Å². The molecule has 0 saturated carbocycles. The number of carbonyl (C=O) groups excluding carboxylic acids is 1. The molecule has 26 heavy (non-hydrogen) atoms. The number of amides is 1. The smallest absolute Gasteiger partial charge is 0.273 e. The minimum Gasteiger partial charge on any atom is -0.336 e. The molecule has 0 atom stereocenters. The van der Waals surface area contributed by atoms with Gasteiger partial charge in [-0.15, -0.1) is 11.3 Å². The van der Waals surface area contributed by atoms with Gasteiger partial charge in [-0.25, -0.2) is 8.42 Å². The number of carbonyl (C=O) groups is 1. The molecule has 0 spiro atoms. The molecule has 0 aliphatic carbocycles. The number of hydrogen-bond donors (Lipinski definition) is 0. The molecule has 1 aliphatic heterocycles. The Morgan fingerprint density at radius 2 is 1.77 bits per heavy atom. The summed E-state index contributed by atoms with van der Waals surface area (Å²) in [5.41, 5.74) is 1.12. The van der Waals surface area contributed by atoms with Gasteiger partial charge in [0.05, 0.1) is 5.69 Å². The molecule has 1 aromatic heterocycles. The van der Waals surface area contributed by atoms with Crippen LogP contribution in [0.3, 0.4) is 0 Å².